The molecule has 1 aromatic carbocycles. The number of rotatable bonds is 4. The number of aryl methyl sites for hydroxylation is 1. The molecule has 0 saturated carbocycles. The van der Waals surface area contributed by atoms with Crippen LogP contribution in [0.15, 0.2) is 35.7 Å². The zero-order chi connectivity index (χ0) is 23.5. The van der Waals surface area contributed by atoms with E-state index in [9.17, 15) is 13.2 Å². The van der Waals surface area contributed by atoms with E-state index < -0.39 is 10.0 Å². The van der Waals surface area contributed by atoms with E-state index in [-0.39, 0.29) is 34.7 Å². The van der Waals surface area contributed by atoms with Gasteiger partial charge in [-0.25, -0.2) is 4.98 Å². The number of hydrogen-bond donors (Lipinski definition) is 2. The predicted octanol–water partition coefficient (Wildman–Crippen LogP) is 1.31. The molecule has 2 aromatic rings. The molecule has 2 N–H and O–H groups in total. The Labute approximate surface area is 189 Å². The van der Waals surface area contributed by atoms with Crippen LogP contribution in [0, 0.1) is 5.92 Å². The van der Waals surface area contributed by atoms with Crippen LogP contribution in [0.2, 0.25) is 0 Å². The molecule has 0 unspecified atom stereocenters. The number of likely N-dealkylation sites (N-methyl/N-ethyl adjacent to an activating group) is 1. The Balaban J connectivity index is 1.91. The van der Waals surface area contributed by atoms with Crippen LogP contribution in [-0.2, 0) is 21.8 Å². The first-order valence-electron chi connectivity index (χ1n) is 10.4. The largest absolute Gasteiger partial charge is 0.491 e. The van der Waals surface area contributed by atoms with Crippen LogP contribution in [0.3, 0.4) is 0 Å². The maximum absolute atomic E-state index is 13.1. The second kappa shape index (κ2) is 9.88. The quantitative estimate of drug-likeness (QED) is 0.700. The van der Waals surface area contributed by atoms with Gasteiger partial charge in [0, 0.05) is 52.6 Å². The number of nitrogens with one attached hydrogen (secondary N) is 2. The van der Waals surface area contributed by atoms with Crippen molar-refractivity contribution in [2.24, 2.45) is 13.0 Å². The average Bonchev–Trinajstić information content (AvgIpc) is 3.20. The number of benzene rings is 1. The molecular weight excluding hydrogens is 434 g/mol. The van der Waals surface area contributed by atoms with Gasteiger partial charge in [-0.05, 0) is 25.0 Å². The van der Waals surface area contributed by atoms with Crippen molar-refractivity contribution in [3.8, 4) is 5.75 Å². The van der Waals surface area contributed by atoms with Gasteiger partial charge in [0.05, 0.1) is 23.7 Å². The van der Waals surface area contributed by atoms with Crippen LogP contribution in [0.5, 0.6) is 5.75 Å². The molecule has 11 heteroatoms. The number of nitrogens with zero attached hydrogens (tertiary/aromatic N) is 3. The number of imidazole rings is 1. The third-order valence-electron chi connectivity index (χ3n) is 5.44. The number of fused-ring (bicyclic) bond motifs is 1. The Morgan fingerprint density at radius 3 is 2.69 bits per heavy atom. The standard InChI is InChI=1S/C21H31N5O5S/c1-14-9-22-15(2)12-31-18-8-16(24-32(28,29)20-11-25(3)13-23-20)6-7-17(18)21(27)26(4)10-19(14)30-5/h6-8,11,13-15,19,22,24H,9-10,12H2,1-5H3/t14-,15-,19+/m1/s1. The molecule has 0 fully saturated rings. The van der Waals surface area contributed by atoms with Crippen molar-refractivity contribution < 1.29 is 22.7 Å². The number of ether oxygens (including phenoxy) is 2. The van der Waals surface area contributed by atoms with Crippen molar-refractivity contribution in [1.82, 2.24) is 19.8 Å². The minimum atomic E-state index is -3.87. The van der Waals surface area contributed by atoms with E-state index >= 15 is 0 Å². The summed E-state index contributed by atoms with van der Waals surface area (Å²) >= 11 is 0. The lowest BCUT2D eigenvalue weighted by molar-refractivity contribution is 0.0281. The lowest BCUT2D eigenvalue weighted by atomic mass is 10.0. The average molecular weight is 466 g/mol. The number of carbonyl (C=O) groups is 1. The first-order valence-corrected chi connectivity index (χ1v) is 11.9. The maximum atomic E-state index is 13.1. The van der Waals surface area contributed by atoms with Crippen molar-refractivity contribution in [3.63, 3.8) is 0 Å². The van der Waals surface area contributed by atoms with Crippen molar-refractivity contribution in [1.29, 1.82) is 0 Å². The smallest absolute Gasteiger partial charge is 0.280 e. The third-order valence-corrected chi connectivity index (χ3v) is 6.70. The number of anilines is 1. The molecule has 1 aromatic heterocycles. The molecule has 32 heavy (non-hydrogen) atoms. The SMILES string of the molecule is CO[C@H]1CN(C)C(=O)c2ccc(NS(=O)(=O)c3cn(C)cn3)cc2OC[C@@H](C)NC[C@H]1C. The fourth-order valence-electron chi connectivity index (χ4n) is 3.45. The van der Waals surface area contributed by atoms with Crippen molar-refractivity contribution in [2.75, 3.05) is 38.6 Å². The molecule has 176 valence electrons. The number of carbonyl (C=O) groups excluding carboxylic acids is 1. The summed E-state index contributed by atoms with van der Waals surface area (Å²) in [5, 5.41) is 3.32. The highest BCUT2D eigenvalue weighted by Crippen LogP contribution is 2.27. The van der Waals surface area contributed by atoms with Crippen LogP contribution in [0.4, 0.5) is 5.69 Å². The van der Waals surface area contributed by atoms with Gasteiger partial charge in [-0.1, -0.05) is 6.92 Å². The van der Waals surface area contributed by atoms with Gasteiger partial charge in [0.25, 0.3) is 15.9 Å². The van der Waals surface area contributed by atoms with Gasteiger partial charge in [0.15, 0.2) is 5.03 Å². The van der Waals surface area contributed by atoms with Crippen molar-refractivity contribution in [2.45, 2.75) is 31.0 Å². The van der Waals surface area contributed by atoms with E-state index in [1.54, 1.807) is 42.8 Å². The number of hydrogen-bond acceptors (Lipinski definition) is 7. The predicted molar refractivity (Wildman–Crippen MR) is 120 cm³/mol. The Morgan fingerprint density at radius 1 is 1.28 bits per heavy atom. The van der Waals surface area contributed by atoms with Crippen molar-refractivity contribution >= 4 is 21.6 Å². The van der Waals surface area contributed by atoms with E-state index in [0.717, 1.165) is 0 Å². The number of methoxy groups -OCH3 is 1. The molecule has 3 rings (SSSR count). The van der Waals surface area contributed by atoms with Gasteiger partial charge in [-0.2, -0.15) is 8.42 Å². The van der Waals surface area contributed by atoms with Gasteiger partial charge >= 0.3 is 0 Å². The minimum absolute atomic E-state index is 0.0175. The number of aromatic nitrogens is 2. The minimum Gasteiger partial charge on any atom is -0.491 e. The normalized spacial score (nSPS) is 23.0. The highest BCUT2D eigenvalue weighted by atomic mass is 32.2. The Kier molecular flexibility index (Phi) is 7.42. The van der Waals surface area contributed by atoms with E-state index in [1.807, 2.05) is 6.92 Å². The Hall–Kier alpha value is -2.63. The van der Waals surface area contributed by atoms with Crippen LogP contribution in [-0.4, -0.2) is 74.8 Å². The summed E-state index contributed by atoms with van der Waals surface area (Å²) in [4.78, 5) is 18.6. The monoisotopic (exact) mass is 465 g/mol. The molecule has 1 aliphatic heterocycles. The maximum Gasteiger partial charge on any atom is 0.280 e. The van der Waals surface area contributed by atoms with E-state index in [0.29, 0.717) is 31.0 Å². The fourth-order valence-corrected chi connectivity index (χ4v) is 4.49. The summed E-state index contributed by atoms with van der Waals surface area (Å²) in [6, 6.07) is 4.65. The molecule has 0 aliphatic carbocycles. The summed E-state index contributed by atoms with van der Waals surface area (Å²) in [5.74, 6) is 0.272. The molecule has 10 nitrogen and oxygen atoms in total. The van der Waals surface area contributed by atoms with Crippen molar-refractivity contribution in [3.05, 3.63) is 36.3 Å². The molecule has 0 spiro atoms. The first kappa shape index (κ1) is 24.0. The highest BCUT2D eigenvalue weighted by Gasteiger charge is 2.26. The summed E-state index contributed by atoms with van der Waals surface area (Å²) in [6.45, 7) is 5.50. The van der Waals surface area contributed by atoms with E-state index in [2.05, 4.69) is 21.9 Å². The topological polar surface area (TPSA) is 115 Å². The van der Waals surface area contributed by atoms with Gasteiger partial charge in [0.2, 0.25) is 0 Å². The molecular formula is C21H31N5O5S. The van der Waals surface area contributed by atoms with Crippen LogP contribution < -0.4 is 14.8 Å². The molecule has 1 amide bonds. The lowest BCUT2D eigenvalue weighted by Crippen LogP contribution is -2.44. The molecule has 3 atom stereocenters. The first-order chi connectivity index (χ1) is 15.1. The zero-order valence-corrected chi connectivity index (χ0v) is 19.8. The van der Waals surface area contributed by atoms with Crippen LogP contribution in [0.1, 0.15) is 24.2 Å². The van der Waals surface area contributed by atoms with Crippen LogP contribution >= 0.6 is 0 Å². The summed E-state index contributed by atoms with van der Waals surface area (Å²) in [6.07, 6.45) is 2.69. The second-order valence-electron chi connectivity index (χ2n) is 8.25. The van der Waals surface area contributed by atoms with Crippen LogP contribution in [0.25, 0.3) is 0 Å². The molecule has 2 heterocycles. The van der Waals surface area contributed by atoms with Gasteiger partial charge in [-0.3, -0.25) is 9.52 Å². The lowest BCUT2D eigenvalue weighted by Gasteiger charge is -2.30. The molecule has 0 bridgehead atoms. The van der Waals surface area contributed by atoms with Gasteiger partial charge in [-0.15, -0.1) is 0 Å². The molecule has 0 saturated heterocycles. The zero-order valence-electron chi connectivity index (χ0n) is 19.0. The van der Waals surface area contributed by atoms with E-state index in [1.165, 1.54) is 18.6 Å². The molecule has 0 radical (unpaired) electrons. The second-order valence-corrected chi connectivity index (χ2v) is 9.88. The summed E-state index contributed by atoms with van der Waals surface area (Å²) in [5.41, 5.74) is 0.629. The van der Waals surface area contributed by atoms with E-state index in [4.69, 9.17) is 9.47 Å². The Bertz CT molecular complexity index is 1050. The summed E-state index contributed by atoms with van der Waals surface area (Å²) < 4.78 is 40.9. The highest BCUT2D eigenvalue weighted by molar-refractivity contribution is 7.92. The van der Waals surface area contributed by atoms with Gasteiger partial charge < -0.3 is 24.3 Å². The molecule has 1 aliphatic rings. The Morgan fingerprint density at radius 2 is 2.03 bits per heavy atom. The number of sulfonamides is 1. The summed E-state index contributed by atoms with van der Waals surface area (Å²) in [7, 11) is 1.17. The third kappa shape index (κ3) is 5.59. The fraction of sp³-hybridized carbons (Fsp3) is 0.524. The number of amides is 1. The van der Waals surface area contributed by atoms with Gasteiger partial charge in [0.1, 0.15) is 12.4 Å².